The van der Waals surface area contributed by atoms with Gasteiger partial charge in [0.15, 0.2) is 0 Å². The van der Waals surface area contributed by atoms with Gasteiger partial charge in [-0.15, -0.1) is 0 Å². The van der Waals surface area contributed by atoms with Crippen LogP contribution in [0.1, 0.15) is 13.3 Å². The summed E-state index contributed by atoms with van der Waals surface area (Å²) < 4.78 is 20.1. The zero-order chi connectivity index (χ0) is 14.8. The predicted molar refractivity (Wildman–Crippen MR) is 78.9 cm³/mol. The second kappa shape index (κ2) is 5.65. The fraction of sp³-hybridized carbons (Fsp3) is 0.333. The lowest BCUT2D eigenvalue weighted by Crippen LogP contribution is -2.21. The summed E-state index contributed by atoms with van der Waals surface area (Å²) in [5.41, 5.74) is 1.49. The van der Waals surface area contributed by atoms with Crippen molar-refractivity contribution in [2.75, 3.05) is 13.2 Å². The molecule has 21 heavy (non-hydrogen) atoms. The first-order chi connectivity index (χ1) is 10.2. The van der Waals surface area contributed by atoms with E-state index in [1.807, 2.05) is 6.92 Å². The summed E-state index contributed by atoms with van der Waals surface area (Å²) in [4.78, 5) is 19.7. The van der Waals surface area contributed by atoms with Crippen molar-refractivity contribution in [3.05, 3.63) is 40.7 Å². The first kappa shape index (κ1) is 13.8. The second-order valence-corrected chi connectivity index (χ2v) is 4.83. The molecule has 0 atom stereocenters. The first-order valence-electron chi connectivity index (χ1n) is 6.95. The van der Waals surface area contributed by atoms with Crippen molar-refractivity contribution in [2.45, 2.75) is 19.9 Å². The monoisotopic (exact) mass is 289 g/mol. The molecule has 0 bridgehead atoms. The molecule has 3 aromatic rings. The first-order valence-corrected chi connectivity index (χ1v) is 6.95. The minimum absolute atomic E-state index is 0.145. The molecule has 0 fully saturated rings. The summed E-state index contributed by atoms with van der Waals surface area (Å²) in [5.74, 6) is -0.342. The topological polar surface area (TPSA) is 59.9 Å². The minimum Gasteiger partial charge on any atom is -0.382 e. The van der Waals surface area contributed by atoms with Crippen LogP contribution in [0, 0.1) is 5.82 Å². The quantitative estimate of drug-likeness (QED) is 0.734. The molecule has 0 aliphatic carbocycles. The van der Waals surface area contributed by atoms with Gasteiger partial charge >= 0.3 is 0 Å². The van der Waals surface area contributed by atoms with E-state index >= 15 is 0 Å². The van der Waals surface area contributed by atoms with Gasteiger partial charge in [0.1, 0.15) is 16.9 Å². The van der Waals surface area contributed by atoms with Gasteiger partial charge in [-0.3, -0.25) is 9.36 Å². The van der Waals surface area contributed by atoms with Crippen molar-refractivity contribution in [1.29, 1.82) is 0 Å². The highest BCUT2D eigenvalue weighted by atomic mass is 19.1. The number of aryl methyl sites for hydroxylation is 1. The number of hydrogen-bond donors (Lipinski definition) is 1. The van der Waals surface area contributed by atoms with Gasteiger partial charge in [-0.05, 0) is 31.5 Å². The van der Waals surface area contributed by atoms with Crippen LogP contribution in [-0.4, -0.2) is 27.7 Å². The summed E-state index contributed by atoms with van der Waals surface area (Å²) in [6.07, 6.45) is 2.25. The van der Waals surface area contributed by atoms with E-state index in [9.17, 15) is 9.18 Å². The Balaban J connectivity index is 2.01. The molecule has 1 aromatic carbocycles. The third-order valence-corrected chi connectivity index (χ3v) is 3.43. The van der Waals surface area contributed by atoms with Crippen molar-refractivity contribution in [1.82, 2.24) is 14.5 Å². The summed E-state index contributed by atoms with van der Waals surface area (Å²) in [6.45, 7) is 3.76. The number of rotatable bonds is 5. The molecule has 0 saturated carbocycles. The van der Waals surface area contributed by atoms with E-state index in [1.165, 1.54) is 18.5 Å². The number of nitrogens with zero attached hydrogens (tertiary/aromatic N) is 2. The lowest BCUT2D eigenvalue weighted by Gasteiger charge is -2.05. The van der Waals surface area contributed by atoms with Crippen LogP contribution >= 0.6 is 0 Å². The van der Waals surface area contributed by atoms with Crippen molar-refractivity contribution < 1.29 is 9.13 Å². The van der Waals surface area contributed by atoms with Crippen LogP contribution in [0.2, 0.25) is 0 Å². The van der Waals surface area contributed by atoms with Crippen molar-refractivity contribution >= 4 is 21.9 Å². The number of H-pyrrole nitrogens is 1. The van der Waals surface area contributed by atoms with Crippen LogP contribution in [0.4, 0.5) is 4.39 Å². The molecule has 0 spiro atoms. The van der Waals surface area contributed by atoms with E-state index in [2.05, 4.69) is 9.97 Å². The molecule has 0 unspecified atom stereocenters. The van der Waals surface area contributed by atoms with Crippen molar-refractivity contribution in [3.63, 3.8) is 0 Å². The molecule has 0 radical (unpaired) electrons. The van der Waals surface area contributed by atoms with Gasteiger partial charge in [0, 0.05) is 30.7 Å². The van der Waals surface area contributed by atoms with Gasteiger partial charge in [0.05, 0.1) is 6.33 Å². The molecule has 0 aliphatic rings. The number of hydrogen-bond acceptors (Lipinski definition) is 3. The van der Waals surface area contributed by atoms with Crippen LogP contribution in [0.15, 0.2) is 29.3 Å². The SMILES string of the molecule is CCOCCCn1cnc2c([nH]c3ccc(F)cc32)c1=O. The molecule has 6 heteroatoms. The molecule has 110 valence electrons. The Morgan fingerprint density at radius 2 is 2.29 bits per heavy atom. The van der Waals surface area contributed by atoms with E-state index in [-0.39, 0.29) is 11.4 Å². The smallest absolute Gasteiger partial charge is 0.277 e. The molecule has 0 aliphatic heterocycles. The van der Waals surface area contributed by atoms with Crippen LogP contribution in [-0.2, 0) is 11.3 Å². The highest BCUT2D eigenvalue weighted by Gasteiger charge is 2.11. The Hall–Kier alpha value is -2.21. The zero-order valence-electron chi connectivity index (χ0n) is 11.7. The number of nitrogens with one attached hydrogen (secondary N) is 1. The number of halogens is 1. The lowest BCUT2D eigenvalue weighted by atomic mass is 10.2. The summed E-state index contributed by atoms with van der Waals surface area (Å²) in [6, 6.07) is 4.36. The zero-order valence-corrected chi connectivity index (χ0v) is 11.7. The van der Waals surface area contributed by atoms with Gasteiger partial charge < -0.3 is 9.72 Å². The molecule has 0 amide bonds. The van der Waals surface area contributed by atoms with Crippen molar-refractivity contribution in [3.8, 4) is 0 Å². The van der Waals surface area contributed by atoms with E-state index in [0.29, 0.717) is 41.7 Å². The van der Waals surface area contributed by atoms with E-state index in [0.717, 1.165) is 6.42 Å². The van der Waals surface area contributed by atoms with E-state index in [4.69, 9.17) is 4.74 Å². The molecular weight excluding hydrogens is 273 g/mol. The number of aromatic amines is 1. The molecule has 5 nitrogen and oxygen atoms in total. The fourth-order valence-electron chi connectivity index (χ4n) is 2.40. The Morgan fingerprint density at radius 3 is 3.10 bits per heavy atom. The molecule has 1 N–H and O–H groups in total. The highest BCUT2D eigenvalue weighted by Crippen LogP contribution is 2.21. The Labute approximate surface area is 120 Å². The summed E-state index contributed by atoms with van der Waals surface area (Å²) in [5, 5.41) is 0.628. The Morgan fingerprint density at radius 1 is 1.43 bits per heavy atom. The number of fused-ring (bicyclic) bond motifs is 3. The molecule has 2 heterocycles. The van der Waals surface area contributed by atoms with E-state index in [1.54, 1.807) is 10.6 Å². The van der Waals surface area contributed by atoms with Gasteiger partial charge in [0.2, 0.25) is 0 Å². The second-order valence-electron chi connectivity index (χ2n) is 4.83. The molecule has 0 saturated heterocycles. The average Bonchev–Trinajstić information content (AvgIpc) is 2.84. The molecule has 3 rings (SSSR count). The summed E-state index contributed by atoms with van der Waals surface area (Å²) in [7, 11) is 0. The normalized spacial score (nSPS) is 11.5. The van der Waals surface area contributed by atoms with Gasteiger partial charge in [-0.2, -0.15) is 0 Å². The van der Waals surface area contributed by atoms with Gasteiger partial charge in [0.25, 0.3) is 5.56 Å². The Bertz CT molecular complexity index is 838. The maximum absolute atomic E-state index is 13.3. The van der Waals surface area contributed by atoms with Gasteiger partial charge in [-0.25, -0.2) is 9.37 Å². The van der Waals surface area contributed by atoms with Crippen LogP contribution < -0.4 is 5.56 Å². The third-order valence-electron chi connectivity index (χ3n) is 3.43. The highest BCUT2D eigenvalue weighted by molar-refractivity contribution is 6.04. The number of ether oxygens (including phenoxy) is 1. The van der Waals surface area contributed by atoms with Crippen LogP contribution in [0.3, 0.4) is 0 Å². The Kier molecular flexibility index (Phi) is 3.70. The maximum Gasteiger partial charge on any atom is 0.277 e. The minimum atomic E-state index is -0.342. The van der Waals surface area contributed by atoms with Crippen LogP contribution in [0.25, 0.3) is 21.9 Å². The maximum atomic E-state index is 13.3. The summed E-state index contributed by atoms with van der Waals surface area (Å²) >= 11 is 0. The lowest BCUT2D eigenvalue weighted by molar-refractivity contribution is 0.141. The average molecular weight is 289 g/mol. The predicted octanol–water partition coefficient (Wildman–Crippen LogP) is 2.44. The van der Waals surface area contributed by atoms with Crippen molar-refractivity contribution in [2.24, 2.45) is 0 Å². The number of benzene rings is 1. The number of aromatic nitrogens is 3. The third kappa shape index (κ3) is 2.54. The fourth-order valence-corrected chi connectivity index (χ4v) is 2.40. The molecule has 2 aromatic heterocycles. The van der Waals surface area contributed by atoms with Crippen LogP contribution in [0.5, 0.6) is 0 Å². The molecular formula is C15H16FN3O2. The largest absolute Gasteiger partial charge is 0.382 e. The standard InChI is InChI=1S/C15H16FN3O2/c1-2-21-7-3-6-19-9-17-13-11-8-10(16)4-5-12(11)18-14(13)15(19)20/h4-5,8-9,18H,2-3,6-7H2,1H3. The van der Waals surface area contributed by atoms with E-state index < -0.39 is 0 Å². The van der Waals surface area contributed by atoms with Gasteiger partial charge in [-0.1, -0.05) is 0 Å².